The van der Waals surface area contributed by atoms with Gasteiger partial charge in [0.05, 0.1) is 14.2 Å². The maximum atomic E-state index is 12.5. The van der Waals surface area contributed by atoms with Crippen molar-refractivity contribution in [1.29, 1.82) is 0 Å². The van der Waals surface area contributed by atoms with Gasteiger partial charge in [-0.15, -0.1) is 0 Å². The number of ether oxygens (including phenoxy) is 1. The molecule has 3 atom stereocenters. The van der Waals surface area contributed by atoms with Gasteiger partial charge < -0.3 is 9.64 Å². The predicted molar refractivity (Wildman–Crippen MR) is 77.2 cm³/mol. The molecule has 2 aromatic rings. The van der Waals surface area contributed by atoms with E-state index in [4.69, 9.17) is 4.74 Å². The smallest absolute Gasteiger partial charge is 0.226 e. The van der Waals surface area contributed by atoms with E-state index in [-0.39, 0.29) is 17.9 Å². The summed E-state index contributed by atoms with van der Waals surface area (Å²) >= 11 is 0. The van der Waals surface area contributed by atoms with Crippen LogP contribution in [0, 0.1) is 0 Å². The number of Topliss-reactive ketones (excluding diaryl/α,β-unsaturated/α-hetero) is 1. The van der Waals surface area contributed by atoms with Crippen LogP contribution in [0.5, 0.6) is 5.75 Å². The highest BCUT2D eigenvalue weighted by Crippen LogP contribution is 2.25. The molecule has 0 amide bonds. The Bertz CT molecular complexity index is 607. The number of carbonyl (C=O) groups excluding carboxylic acids is 1. The molecule has 1 aliphatic heterocycles. The van der Waals surface area contributed by atoms with E-state index in [1.807, 2.05) is 42.5 Å². The number of hydrogen-bond acceptors (Lipinski definition) is 2. The van der Waals surface area contributed by atoms with Crippen LogP contribution in [-0.2, 0) is 0 Å². The number of nitrogens with one attached hydrogen (secondary N) is 1. The Kier molecular flexibility index (Phi) is 3.28. The minimum absolute atomic E-state index is 0.0331. The third kappa shape index (κ3) is 2.21. The van der Waals surface area contributed by atoms with Crippen molar-refractivity contribution in [3.05, 3.63) is 65.7 Å². The lowest BCUT2D eigenvalue weighted by Gasteiger charge is -2.00. The average Bonchev–Trinajstić information content (AvgIpc) is 3.19. The standard InChI is InChI=1S/C17H17NO2/c1-18-15(12-6-4-3-5-7-12)16(18)17(19)13-8-10-14(20-2)11-9-13/h3-11,15-16H,1-2H3/p+1/t15-,16-,18?/m1/s1. The summed E-state index contributed by atoms with van der Waals surface area (Å²) in [6.07, 6.45) is 0. The van der Waals surface area contributed by atoms with Gasteiger partial charge in [0, 0.05) is 11.1 Å². The van der Waals surface area contributed by atoms with Gasteiger partial charge in [-0.05, 0) is 24.3 Å². The first kappa shape index (κ1) is 12.9. The summed E-state index contributed by atoms with van der Waals surface area (Å²) < 4.78 is 5.12. The van der Waals surface area contributed by atoms with Gasteiger partial charge in [-0.25, -0.2) is 0 Å². The molecule has 1 fully saturated rings. The highest BCUT2D eigenvalue weighted by molar-refractivity contribution is 6.01. The topological polar surface area (TPSA) is 30.7 Å². The molecule has 0 aromatic heterocycles. The first-order chi connectivity index (χ1) is 9.72. The van der Waals surface area contributed by atoms with Crippen LogP contribution in [0.2, 0.25) is 0 Å². The van der Waals surface area contributed by atoms with Crippen molar-refractivity contribution in [2.75, 3.05) is 14.2 Å². The molecule has 0 saturated carbocycles. The Labute approximate surface area is 118 Å². The summed E-state index contributed by atoms with van der Waals surface area (Å²) in [4.78, 5) is 13.8. The van der Waals surface area contributed by atoms with Gasteiger partial charge in [0.1, 0.15) is 5.75 Å². The van der Waals surface area contributed by atoms with E-state index in [0.717, 1.165) is 11.3 Å². The van der Waals surface area contributed by atoms with Crippen molar-refractivity contribution in [1.82, 2.24) is 0 Å². The zero-order valence-corrected chi connectivity index (χ0v) is 11.7. The molecule has 3 nitrogen and oxygen atoms in total. The van der Waals surface area contributed by atoms with E-state index in [1.54, 1.807) is 7.11 Å². The largest absolute Gasteiger partial charge is 0.497 e. The Balaban J connectivity index is 1.78. The molecule has 3 rings (SSSR count). The Morgan fingerprint density at radius 3 is 2.30 bits per heavy atom. The second-order valence-electron chi connectivity index (χ2n) is 5.20. The van der Waals surface area contributed by atoms with Crippen LogP contribution in [0.3, 0.4) is 0 Å². The van der Waals surface area contributed by atoms with E-state index < -0.39 is 0 Å². The van der Waals surface area contributed by atoms with Gasteiger partial charge >= 0.3 is 0 Å². The van der Waals surface area contributed by atoms with Gasteiger partial charge in [-0.1, -0.05) is 30.3 Å². The minimum Gasteiger partial charge on any atom is -0.497 e. The maximum Gasteiger partial charge on any atom is 0.226 e. The fraction of sp³-hybridized carbons (Fsp3) is 0.235. The first-order valence-corrected chi connectivity index (χ1v) is 6.79. The zero-order chi connectivity index (χ0) is 14.1. The van der Waals surface area contributed by atoms with Gasteiger partial charge in [0.25, 0.3) is 0 Å². The second-order valence-corrected chi connectivity index (χ2v) is 5.20. The summed E-state index contributed by atoms with van der Waals surface area (Å²) in [5, 5.41) is 0. The lowest BCUT2D eigenvalue weighted by Crippen LogP contribution is -2.91. The summed E-state index contributed by atoms with van der Waals surface area (Å²) in [5.41, 5.74) is 1.99. The van der Waals surface area contributed by atoms with Crippen LogP contribution in [0.25, 0.3) is 0 Å². The number of carbonyl (C=O) groups is 1. The van der Waals surface area contributed by atoms with Gasteiger partial charge in [0.15, 0.2) is 6.04 Å². The molecule has 20 heavy (non-hydrogen) atoms. The number of methoxy groups -OCH3 is 1. The molecule has 2 aromatic carbocycles. The van der Waals surface area contributed by atoms with Crippen LogP contribution in [-0.4, -0.2) is 26.0 Å². The van der Waals surface area contributed by atoms with Crippen molar-refractivity contribution >= 4 is 5.78 Å². The SMILES string of the molecule is COc1ccc(C(=O)[C@H]2[C@@H](c3ccccc3)[NH+]2C)cc1. The fourth-order valence-corrected chi connectivity index (χ4v) is 2.80. The molecular weight excluding hydrogens is 250 g/mol. The molecule has 0 radical (unpaired) electrons. The third-order valence-corrected chi connectivity index (χ3v) is 4.02. The lowest BCUT2D eigenvalue weighted by molar-refractivity contribution is -0.762. The second kappa shape index (κ2) is 5.10. The third-order valence-electron chi connectivity index (χ3n) is 4.02. The van der Waals surface area contributed by atoms with Crippen molar-refractivity contribution in [3.63, 3.8) is 0 Å². The normalized spacial score (nSPS) is 24.2. The predicted octanol–water partition coefficient (Wildman–Crippen LogP) is 1.52. The summed E-state index contributed by atoms with van der Waals surface area (Å²) in [5.74, 6) is 0.983. The van der Waals surface area contributed by atoms with E-state index in [9.17, 15) is 4.79 Å². The monoisotopic (exact) mass is 268 g/mol. The van der Waals surface area contributed by atoms with Crippen LogP contribution < -0.4 is 9.64 Å². The summed E-state index contributed by atoms with van der Waals surface area (Å²) in [7, 11) is 3.70. The molecule has 1 heterocycles. The molecule has 0 bridgehead atoms. The molecule has 0 aliphatic carbocycles. The quantitative estimate of drug-likeness (QED) is 0.673. The molecular formula is C17H18NO2+. The fourth-order valence-electron chi connectivity index (χ4n) is 2.80. The van der Waals surface area contributed by atoms with E-state index in [0.29, 0.717) is 0 Å². The van der Waals surface area contributed by atoms with Crippen LogP contribution >= 0.6 is 0 Å². The molecule has 1 aliphatic rings. The van der Waals surface area contributed by atoms with Crippen molar-refractivity contribution in [2.45, 2.75) is 12.1 Å². The Hall–Kier alpha value is -2.13. The number of benzene rings is 2. The molecule has 1 N–H and O–H groups in total. The lowest BCUT2D eigenvalue weighted by atomic mass is 10.0. The summed E-state index contributed by atoms with van der Waals surface area (Å²) in [6, 6.07) is 17.9. The van der Waals surface area contributed by atoms with Crippen molar-refractivity contribution in [2.24, 2.45) is 0 Å². The van der Waals surface area contributed by atoms with Crippen LogP contribution in [0.15, 0.2) is 54.6 Å². The van der Waals surface area contributed by atoms with Gasteiger partial charge in [0.2, 0.25) is 11.8 Å². The van der Waals surface area contributed by atoms with Gasteiger partial charge in [-0.2, -0.15) is 0 Å². The number of ketones is 1. The molecule has 3 heteroatoms. The Morgan fingerprint density at radius 1 is 1.05 bits per heavy atom. The average molecular weight is 268 g/mol. The molecule has 0 spiro atoms. The highest BCUT2D eigenvalue weighted by Gasteiger charge is 2.57. The van der Waals surface area contributed by atoms with Crippen molar-refractivity contribution in [3.8, 4) is 5.75 Å². The Morgan fingerprint density at radius 2 is 1.70 bits per heavy atom. The number of quaternary nitrogens is 1. The van der Waals surface area contributed by atoms with E-state index in [2.05, 4.69) is 19.2 Å². The van der Waals surface area contributed by atoms with Crippen LogP contribution in [0.4, 0.5) is 0 Å². The van der Waals surface area contributed by atoms with Crippen LogP contribution in [0.1, 0.15) is 22.0 Å². The summed E-state index contributed by atoms with van der Waals surface area (Å²) in [6.45, 7) is 0. The number of likely N-dealkylation sites (N-methyl/N-ethyl adjacent to an activating group) is 1. The van der Waals surface area contributed by atoms with Gasteiger partial charge in [-0.3, -0.25) is 4.79 Å². The van der Waals surface area contributed by atoms with E-state index >= 15 is 0 Å². The number of rotatable bonds is 4. The minimum atomic E-state index is 0.0331. The van der Waals surface area contributed by atoms with Crippen molar-refractivity contribution < 1.29 is 14.4 Å². The van der Waals surface area contributed by atoms with E-state index in [1.165, 1.54) is 10.5 Å². The molecule has 1 saturated heterocycles. The number of hydrogen-bond donors (Lipinski definition) is 1. The zero-order valence-electron chi connectivity index (χ0n) is 11.7. The first-order valence-electron chi connectivity index (χ1n) is 6.79. The molecule has 102 valence electrons. The highest BCUT2D eigenvalue weighted by atomic mass is 16.5. The molecule has 1 unspecified atom stereocenters. The maximum absolute atomic E-state index is 12.5.